The molecule has 0 N–H and O–H groups in total. The molecule has 0 fully saturated rings. The normalized spacial score (nSPS) is 12.8. The lowest BCUT2D eigenvalue weighted by atomic mass is 10.1. The molecule has 6 nitrogen and oxygen atoms in total. The third-order valence-electron chi connectivity index (χ3n) is 12.0. The zero-order valence-corrected chi connectivity index (χ0v) is 45.0. The van der Waals surface area contributed by atoms with Gasteiger partial charge in [-0.1, -0.05) is 227 Å². The van der Waals surface area contributed by atoms with Crippen LogP contribution in [0.25, 0.3) is 0 Å². The first kappa shape index (κ1) is 65.3. The summed E-state index contributed by atoms with van der Waals surface area (Å²) < 4.78 is 16.8. The van der Waals surface area contributed by atoms with Gasteiger partial charge < -0.3 is 14.2 Å². The Bertz CT molecular complexity index is 1380. The highest BCUT2D eigenvalue weighted by atomic mass is 16.6. The van der Waals surface area contributed by atoms with Gasteiger partial charge in [0.2, 0.25) is 0 Å². The maximum absolute atomic E-state index is 12.8. The minimum atomic E-state index is -0.813. The quantitative estimate of drug-likeness (QED) is 0.0262. The first-order chi connectivity index (χ1) is 34.0. The molecule has 0 amide bonds. The number of allylic oxidation sites excluding steroid dienone is 16. The predicted octanol–water partition coefficient (Wildman–Crippen LogP) is 19.3. The molecule has 69 heavy (non-hydrogen) atoms. The molecule has 0 aromatic heterocycles. The van der Waals surface area contributed by atoms with Crippen molar-refractivity contribution < 1.29 is 28.6 Å². The van der Waals surface area contributed by atoms with E-state index >= 15 is 0 Å². The van der Waals surface area contributed by atoms with Crippen LogP contribution in [-0.2, 0) is 28.6 Å². The SMILES string of the molecule is CC/C=C\C/C=C\C/C=C\C/C=C\C/C=C\CCCC(=O)O[C@H](COC(=O)CCCCCCC/C=C\CCCCCCCC)COC(=O)CCCCCCCCCCC/C=C\C/C=C\CCCCC. The standard InChI is InChI=1S/C63H106O6/c1-4-7-10-13-16-19-22-25-28-30-31-33-35-38-41-44-47-50-53-56-62(65)68-59-60(58-67-61(64)55-52-49-46-43-40-37-34-27-24-21-18-15-12-9-6-3)69-63(66)57-54-51-48-45-42-39-36-32-29-26-23-20-17-14-11-8-5-2/h8,11,16-17,19-20,25-29,34,36,39,45,48,60H,4-7,9-10,12-15,18,21-24,30-33,35,37-38,40-44,46-47,49-59H2,1-3H3/b11-8-,19-16-,20-17-,28-25-,29-26-,34-27-,39-36-,48-45-/t60-/m1/s1. The summed E-state index contributed by atoms with van der Waals surface area (Å²) in [5.41, 5.74) is 0. The van der Waals surface area contributed by atoms with Crippen LogP contribution in [0.4, 0.5) is 0 Å². The number of hydrogen-bond donors (Lipinski definition) is 0. The van der Waals surface area contributed by atoms with Crippen molar-refractivity contribution in [3.05, 3.63) is 97.2 Å². The van der Waals surface area contributed by atoms with Gasteiger partial charge in [0, 0.05) is 19.3 Å². The van der Waals surface area contributed by atoms with E-state index in [0.29, 0.717) is 19.3 Å². The van der Waals surface area contributed by atoms with Crippen LogP contribution in [-0.4, -0.2) is 37.2 Å². The second-order valence-corrected chi connectivity index (χ2v) is 18.8. The van der Waals surface area contributed by atoms with E-state index in [0.717, 1.165) is 96.3 Å². The van der Waals surface area contributed by atoms with Gasteiger partial charge in [0.25, 0.3) is 0 Å². The Morgan fingerprint density at radius 3 is 0.971 bits per heavy atom. The smallest absolute Gasteiger partial charge is 0.306 e. The summed E-state index contributed by atoms with van der Waals surface area (Å²) in [4.78, 5) is 38.1. The molecule has 0 saturated carbocycles. The average molecular weight is 960 g/mol. The van der Waals surface area contributed by atoms with Gasteiger partial charge in [0.1, 0.15) is 13.2 Å². The molecule has 0 unspecified atom stereocenters. The second kappa shape index (κ2) is 56.9. The molecule has 0 aliphatic carbocycles. The summed E-state index contributed by atoms with van der Waals surface area (Å²) in [5.74, 6) is -0.974. The van der Waals surface area contributed by atoms with Crippen LogP contribution >= 0.6 is 0 Å². The highest BCUT2D eigenvalue weighted by Gasteiger charge is 2.19. The van der Waals surface area contributed by atoms with E-state index in [1.807, 2.05) is 0 Å². The summed E-state index contributed by atoms with van der Waals surface area (Å²) in [6, 6.07) is 0. The van der Waals surface area contributed by atoms with E-state index in [1.165, 1.54) is 122 Å². The van der Waals surface area contributed by atoms with Gasteiger partial charge >= 0.3 is 17.9 Å². The number of rotatable bonds is 51. The average Bonchev–Trinajstić information content (AvgIpc) is 3.35. The molecular weight excluding hydrogens is 853 g/mol. The minimum Gasteiger partial charge on any atom is -0.462 e. The summed E-state index contributed by atoms with van der Waals surface area (Å²) in [7, 11) is 0. The Balaban J connectivity index is 4.48. The molecule has 0 aliphatic heterocycles. The topological polar surface area (TPSA) is 78.9 Å². The molecule has 0 aromatic rings. The lowest BCUT2D eigenvalue weighted by molar-refractivity contribution is -0.167. The summed E-state index contributed by atoms with van der Waals surface area (Å²) in [5, 5.41) is 0. The van der Waals surface area contributed by atoms with Crippen LogP contribution in [0.2, 0.25) is 0 Å². The van der Waals surface area contributed by atoms with E-state index in [2.05, 4.69) is 118 Å². The van der Waals surface area contributed by atoms with E-state index < -0.39 is 6.10 Å². The maximum atomic E-state index is 12.8. The molecule has 0 bridgehead atoms. The Labute approximate surface area is 426 Å². The third kappa shape index (κ3) is 55.1. The van der Waals surface area contributed by atoms with Crippen LogP contribution in [0.3, 0.4) is 0 Å². The van der Waals surface area contributed by atoms with Crippen molar-refractivity contribution in [1.29, 1.82) is 0 Å². The Morgan fingerprint density at radius 1 is 0.304 bits per heavy atom. The van der Waals surface area contributed by atoms with Crippen LogP contribution in [0.5, 0.6) is 0 Å². The molecule has 0 aliphatic rings. The number of esters is 3. The largest absolute Gasteiger partial charge is 0.462 e. The van der Waals surface area contributed by atoms with Crippen molar-refractivity contribution in [2.75, 3.05) is 13.2 Å². The van der Waals surface area contributed by atoms with Gasteiger partial charge in [-0.2, -0.15) is 0 Å². The third-order valence-corrected chi connectivity index (χ3v) is 12.0. The van der Waals surface area contributed by atoms with Crippen molar-refractivity contribution in [1.82, 2.24) is 0 Å². The number of unbranched alkanes of at least 4 members (excludes halogenated alkanes) is 24. The zero-order chi connectivity index (χ0) is 50.0. The van der Waals surface area contributed by atoms with Crippen LogP contribution < -0.4 is 0 Å². The monoisotopic (exact) mass is 959 g/mol. The molecule has 0 spiro atoms. The fourth-order valence-corrected chi connectivity index (χ4v) is 7.74. The van der Waals surface area contributed by atoms with Crippen molar-refractivity contribution in [3.8, 4) is 0 Å². The van der Waals surface area contributed by atoms with Crippen molar-refractivity contribution in [2.24, 2.45) is 0 Å². The molecule has 1 atom stereocenters. The van der Waals surface area contributed by atoms with Crippen LogP contribution in [0.1, 0.15) is 265 Å². The maximum Gasteiger partial charge on any atom is 0.306 e. The molecule has 6 heteroatoms. The Morgan fingerprint density at radius 2 is 0.580 bits per heavy atom. The number of ether oxygens (including phenoxy) is 3. The summed E-state index contributed by atoms with van der Waals surface area (Å²) in [6.45, 7) is 6.45. The Kier molecular flexibility index (Phi) is 53.9. The zero-order valence-electron chi connectivity index (χ0n) is 45.0. The van der Waals surface area contributed by atoms with Crippen molar-refractivity contribution >= 4 is 17.9 Å². The van der Waals surface area contributed by atoms with Crippen LogP contribution in [0.15, 0.2) is 97.2 Å². The lowest BCUT2D eigenvalue weighted by Gasteiger charge is -2.18. The molecule has 0 heterocycles. The summed E-state index contributed by atoms with van der Waals surface area (Å²) in [6.07, 6.45) is 75.4. The second-order valence-electron chi connectivity index (χ2n) is 18.8. The van der Waals surface area contributed by atoms with Gasteiger partial charge in [-0.25, -0.2) is 0 Å². The van der Waals surface area contributed by atoms with Gasteiger partial charge in [-0.05, 0) is 116 Å². The van der Waals surface area contributed by atoms with Gasteiger partial charge in [0.05, 0.1) is 0 Å². The summed E-state index contributed by atoms with van der Waals surface area (Å²) >= 11 is 0. The van der Waals surface area contributed by atoms with Gasteiger partial charge in [-0.3, -0.25) is 14.4 Å². The number of carbonyl (C=O) groups excluding carboxylic acids is 3. The van der Waals surface area contributed by atoms with Crippen molar-refractivity contribution in [2.45, 2.75) is 271 Å². The first-order valence-corrected chi connectivity index (χ1v) is 28.7. The molecular formula is C63H106O6. The van der Waals surface area contributed by atoms with Crippen LogP contribution in [0, 0.1) is 0 Å². The van der Waals surface area contributed by atoms with Gasteiger partial charge in [-0.15, -0.1) is 0 Å². The van der Waals surface area contributed by atoms with E-state index in [4.69, 9.17) is 14.2 Å². The molecule has 0 rings (SSSR count). The fraction of sp³-hybridized carbons (Fsp3) is 0.698. The number of hydrogen-bond acceptors (Lipinski definition) is 6. The highest BCUT2D eigenvalue weighted by molar-refractivity contribution is 5.71. The van der Waals surface area contributed by atoms with E-state index in [9.17, 15) is 14.4 Å². The van der Waals surface area contributed by atoms with E-state index in [-0.39, 0.29) is 37.5 Å². The molecule has 0 radical (unpaired) electrons. The minimum absolute atomic E-state index is 0.105. The Hall–Kier alpha value is -3.67. The number of carbonyl (C=O) groups is 3. The van der Waals surface area contributed by atoms with Gasteiger partial charge in [0.15, 0.2) is 6.10 Å². The first-order valence-electron chi connectivity index (χ1n) is 28.7. The molecule has 0 saturated heterocycles. The highest BCUT2D eigenvalue weighted by Crippen LogP contribution is 2.14. The lowest BCUT2D eigenvalue weighted by Crippen LogP contribution is -2.30. The van der Waals surface area contributed by atoms with Crippen molar-refractivity contribution in [3.63, 3.8) is 0 Å². The molecule has 0 aromatic carbocycles. The fourth-order valence-electron chi connectivity index (χ4n) is 7.74. The molecule has 394 valence electrons. The van der Waals surface area contributed by atoms with E-state index in [1.54, 1.807) is 0 Å². The predicted molar refractivity (Wildman–Crippen MR) is 297 cm³/mol.